The average Bonchev–Trinajstić information content (AvgIpc) is 2.24. The number of amides is 1. The quantitative estimate of drug-likeness (QED) is 0.679. The predicted octanol–water partition coefficient (Wildman–Crippen LogP) is -0.861. The third kappa shape index (κ3) is 3.17. The summed E-state index contributed by atoms with van der Waals surface area (Å²) < 4.78 is 5.24. The highest BCUT2D eigenvalue weighted by molar-refractivity contribution is 5.78. The van der Waals surface area contributed by atoms with Crippen LogP contribution in [0.3, 0.4) is 0 Å². The van der Waals surface area contributed by atoms with Gasteiger partial charge in [0.05, 0.1) is 25.8 Å². The lowest BCUT2D eigenvalue weighted by atomic mass is 10.1. The van der Waals surface area contributed by atoms with Crippen molar-refractivity contribution in [3.05, 3.63) is 0 Å². The van der Waals surface area contributed by atoms with Crippen LogP contribution in [-0.2, 0) is 9.53 Å². The van der Waals surface area contributed by atoms with Gasteiger partial charge in [-0.3, -0.25) is 14.6 Å². The molecule has 0 aliphatic carbocycles. The maximum absolute atomic E-state index is 11.7. The van der Waals surface area contributed by atoms with E-state index >= 15 is 0 Å². The van der Waals surface area contributed by atoms with Crippen molar-refractivity contribution in [2.45, 2.75) is 13.0 Å². The Morgan fingerprint density at radius 1 is 1.31 bits per heavy atom. The summed E-state index contributed by atoms with van der Waals surface area (Å²) in [4.78, 5) is 16.2. The highest BCUT2D eigenvalue weighted by atomic mass is 16.5. The Kier molecular flexibility index (Phi) is 4.15. The van der Waals surface area contributed by atoms with Gasteiger partial charge in [0.1, 0.15) is 0 Å². The molecule has 0 aromatic carbocycles. The van der Waals surface area contributed by atoms with E-state index in [0.717, 1.165) is 45.9 Å². The summed E-state index contributed by atoms with van der Waals surface area (Å²) >= 11 is 0. The SMILES string of the molecule is CCN1CC(NC(=O)CN2CCOCC2)C1. The fraction of sp³-hybridized carbons (Fsp3) is 0.909. The van der Waals surface area contributed by atoms with Crippen LogP contribution in [0.5, 0.6) is 0 Å². The van der Waals surface area contributed by atoms with Crippen molar-refractivity contribution in [2.24, 2.45) is 0 Å². The van der Waals surface area contributed by atoms with Crippen LogP contribution < -0.4 is 5.32 Å². The van der Waals surface area contributed by atoms with E-state index in [-0.39, 0.29) is 5.91 Å². The first-order valence-electron chi connectivity index (χ1n) is 6.09. The number of likely N-dealkylation sites (N-methyl/N-ethyl adjacent to an activating group) is 1. The monoisotopic (exact) mass is 227 g/mol. The van der Waals surface area contributed by atoms with Crippen molar-refractivity contribution in [3.63, 3.8) is 0 Å². The molecule has 5 nitrogen and oxygen atoms in total. The van der Waals surface area contributed by atoms with Gasteiger partial charge < -0.3 is 10.1 Å². The molecule has 0 saturated carbocycles. The molecular formula is C11H21N3O2. The molecule has 1 amide bonds. The normalized spacial score (nSPS) is 24.1. The molecule has 2 aliphatic heterocycles. The molecule has 0 bridgehead atoms. The van der Waals surface area contributed by atoms with E-state index < -0.39 is 0 Å². The zero-order chi connectivity index (χ0) is 11.4. The largest absolute Gasteiger partial charge is 0.379 e. The highest BCUT2D eigenvalue weighted by Gasteiger charge is 2.26. The first-order valence-corrected chi connectivity index (χ1v) is 6.09. The van der Waals surface area contributed by atoms with E-state index in [1.807, 2.05) is 0 Å². The van der Waals surface area contributed by atoms with E-state index in [1.54, 1.807) is 0 Å². The van der Waals surface area contributed by atoms with Crippen molar-refractivity contribution in [1.82, 2.24) is 15.1 Å². The van der Waals surface area contributed by atoms with Gasteiger partial charge >= 0.3 is 0 Å². The number of nitrogens with zero attached hydrogens (tertiary/aromatic N) is 2. The third-order valence-corrected chi connectivity index (χ3v) is 3.24. The van der Waals surface area contributed by atoms with Crippen LogP contribution in [0.4, 0.5) is 0 Å². The van der Waals surface area contributed by atoms with Crippen molar-refractivity contribution < 1.29 is 9.53 Å². The molecular weight excluding hydrogens is 206 g/mol. The molecule has 5 heteroatoms. The minimum absolute atomic E-state index is 0.155. The number of nitrogens with one attached hydrogen (secondary N) is 1. The van der Waals surface area contributed by atoms with Gasteiger partial charge in [0.2, 0.25) is 5.91 Å². The Morgan fingerprint density at radius 2 is 2.00 bits per heavy atom. The molecule has 2 rings (SSSR count). The number of ether oxygens (including phenoxy) is 1. The first-order chi connectivity index (χ1) is 7.78. The van der Waals surface area contributed by atoms with Gasteiger partial charge in [-0.15, -0.1) is 0 Å². The molecule has 0 aromatic rings. The first kappa shape index (κ1) is 11.8. The highest BCUT2D eigenvalue weighted by Crippen LogP contribution is 2.06. The van der Waals surface area contributed by atoms with Crippen molar-refractivity contribution >= 4 is 5.91 Å². The zero-order valence-corrected chi connectivity index (χ0v) is 9.95. The summed E-state index contributed by atoms with van der Waals surface area (Å²) in [5, 5.41) is 3.06. The van der Waals surface area contributed by atoms with E-state index in [4.69, 9.17) is 4.74 Å². The van der Waals surface area contributed by atoms with Crippen molar-refractivity contribution in [1.29, 1.82) is 0 Å². The number of carbonyl (C=O) groups excluding carboxylic acids is 1. The second-order valence-corrected chi connectivity index (χ2v) is 4.51. The van der Waals surface area contributed by atoms with E-state index in [9.17, 15) is 4.79 Å². The van der Waals surface area contributed by atoms with Gasteiger partial charge in [-0.2, -0.15) is 0 Å². The molecule has 2 heterocycles. The van der Waals surface area contributed by atoms with Crippen LogP contribution in [0.1, 0.15) is 6.92 Å². The Labute approximate surface area is 96.7 Å². The van der Waals surface area contributed by atoms with Crippen LogP contribution in [-0.4, -0.2) is 74.2 Å². The molecule has 2 aliphatic rings. The molecule has 92 valence electrons. The number of hydrogen-bond donors (Lipinski definition) is 1. The van der Waals surface area contributed by atoms with Gasteiger partial charge in [-0.05, 0) is 6.54 Å². The fourth-order valence-electron chi connectivity index (χ4n) is 2.16. The predicted molar refractivity (Wildman–Crippen MR) is 61.3 cm³/mol. The van der Waals surface area contributed by atoms with Crippen LogP contribution in [0.2, 0.25) is 0 Å². The van der Waals surface area contributed by atoms with Crippen LogP contribution in [0, 0.1) is 0 Å². The lowest BCUT2D eigenvalue weighted by Crippen LogP contribution is -2.60. The summed E-state index contributed by atoms with van der Waals surface area (Å²) in [5.74, 6) is 0.155. The van der Waals surface area contributed by atoms with Gasteiger partial charge in [0, 0.05) is 26.2 Å². The summed E-state index contributed by atoms with van der Waals surface area (Å²) in [5.41, 5.74) is 0. The van der Waals surface area contributed by atoms with Crippen LogP contribution in [0.15, 0.2) is 0 Å². The maximum Gasteiger partial charge on any atom is 0.234 e. The minimum Gasteiger partial charge on any atom is -0.379 e. The van der Waals surface area contributed by atoms with E-state index in [2.05, 4.69) is 22.0 Å². The van der Waals surface area contributed by atoms with Gasteiger partial charge in [0.25, 0.3) is 0 Å². The molecule has 0 radical (unpaired) electrons. The summed E-state index contributed by atoms with van der Waals surface area (Å²) in [6.45, 7) is 9.00. The number of hydrogen-bond acceptors (Lipinski definition) is 4. The Hall–Kier alpha value is -0.650. The number of carbonyl (C=O) groups is 1. The zero-order valence-electron chi connectivity index (χ0n) is 9.95. The molecule has 0 aromatic heterocycles. The smallest absolute Gasteiger partial charge is 0.234 e. The molecule has 2 saturated heterocycles. The Morgan fingerprint density at radius 3 is 2.62 bits per heavy atom. The average molecular weight is 227 g/mol. The maximum atomic E-state index is 11.7. The van der Waals surface area contributed by atoms with Crippen molar-refractivity contribution in [3.8, 4) is 0 Å². The Balaban J connectivity index is 1.61. The number of morpholine rings is 1. The molecule has 0 atom stereocenters. The summed E-state index contributed by atoms with van der Waals surface area (Å²) in [6.07, 6.45) is 0. The van der Waals surface area contributed by atoms with E-state index in [1.165, 1.54) is 0 Å². The second kappa shape index (κ2) is 5.61. The van der Waals surface area contributed by atoms with Gasteiger partial charge in [-0.25, -0.2) is 0 Å². The summed E-state index contributed by atoms with van der Waals surface area (Å²) in [6, 6.07) is 0.369. The topological polar surface area (TPSA) is 44.8 Å². The van der Waals surface area contributed by atoms with E-state index in [0.29, 0.717) is 12.6 Å². The summed E-state index contributed by atoms with van der Waals surface area (Å²) in [7, 11) is 0. The molecule has 16 heavy (non-hydrogen) atoms. The third-order valence-electron chi connectivity index (χ3n) is 3.24. The van der Waals surface area contributed by atoms with Crippen LogP contribution in [0.25, 0.3) is 0 Å². The Bertz CT molecular complexity index is 235. The molecule has 0 spiro atoms. The standard InChI is InChI=1S/C11H21N3O2/c1-2-13-7-10(8-13)12-11(15)9-14-3-5-16-6-4-14/h10H,2-9H2,1H3,(H,12,15). The molecule has 1 N–H and O–H groups in total. The molecule has 2 fully saturated rings. The lowest BCUT2D eigenvalue weighted by Gasteiger charge is -2.39. The second-order valence-electron chi connectivity index (χ2n) is 4.51. The minimum atomic E-state index is 0.155. The van der Waals surface area contributed by atoms with Gasteiger partial charge in [0.15, 0.2) is 0 Å². The van der Waals surface area contributed by atoms with Gasteiger partial charge in [-0.1, -0.05) is 6.92 Å². The molecule has 0 unspecified atom stereocenters. The number of rotatable bonds is 4. The number of likely N-dealkylation sites (tertiary alicyclic amines) is 1. The van der Waals surface area contributed by atoms with Crippen molar-refractivity contribution in [2.75, 3.05) is 52.5 Å². The lowest BCUT2D eigenvalue weighted by molar-refractivity contribution is -0.125. The van der Waals surface area contributed by atoms with Crippen LogP contribution >= 0.6 is 0 Å². The fourth-order valence-corrected chi connectivity index (χ4v) is 2.16.